The zero-order valence-electron chi connectivity index (χ0n) is 11.3. The summed E-state index contributed by atoms with van der Waals surface area (Å²) in [5, 5.41) is 0. The minimum atomic E-state index is -0.224. The van der Waals surface area contributed by atoms with Crippen LogP contribution in [0.1, 0.15) is 11.1 Å². The minimum absolute atomic E-state index is 0.0242. The molecular weight excluding hydrogens is 321 g/mol. The number of hydrogen-bond donors (Lipinski definition) is 1. The van der Waals surface area contributed by atoms with E-state index in [-0.39, 0.29) is 11.9 Å². The van der Waals surface area contributed by atoms with Crippen LogP contribution in [0.4, 0.5) is 4.39 Å². The van der Waals surface area contributed by atoms with Gasteiger partial charge in [0, 0.05) is 10.5 Å². The Morgan fingerprint density at radius 1 is 1.15 bits per heavy atom. The third-order valence-corrected chi connectivity index (χ3v) is 3.92. The van der Waals surface area contributed by atoms with Crippen LogP contribution >= 0.6 is 15.9 Å². The van der Waals surface area contributed by atoms with Gasteiger partial charge in [-0.05, 0) is 54.3 Å². The molecule has 1 unspecified atom stereocenters. The van der Waals surface area contributed by atoms with E-state index in [9.17, 15) is 4.39 Å². The Bertz CT molecular complexity index is 571. The highest BCUT2D eigenvalue weighted by Gasteiger charge is 2.09. The summed E-state index contributed by atoms with van der Waals surface area (Å²) in [7, 11) is 1.64. The maximum atomic E-state index is 12.9. The van der Waals surface area contributed by atoms with Gasteiger partial charge in [-0.2, -0.15) is 0 Å². The number of rotatable bonds is 5. The normalized spacial score (nSPS) is 12.2. The second kappa shape index (κ2) is 6.86. The first-order chi connectivity index (χ1) is 9.58. The quantitative estimate of drug-likeness (QED) is 0.902. The predicted molar refractivity (Wildman–Crippen MR) is 82.5 cm³/mol. The molecule has 0 spiro atoms. The molecule has 2 nitrogen and oxygen atoms in total. The molecule has 0 bridgehead atoms. The van der Waals surface area contributed by atoms with Crippen molar-refractivity contribution in [2.24, 2.45) is 5.73 Å². The number of halogens is 2. The summed E-state index contributed by atoms with van der Waals surface area (Å²) >= 11 is 3.52. The molecule has 106 valence electrons. The molecule has 20 heavy (non-hydrogen) atoms. The van der Waals surface area contributed by atoms with E-state index in [4.69, 9.17) is 10.5 Å². The predicted octanol–water partition coefficient (Wildman–Crippen LogP) is 3.71. The van der Waals surface area contributed by atoms with Gasteiger partial charge in [-0.1, -0.05) is 28.1 Å². The molecule has 2 N–H and O–H groups in total. The lowest BCUT2D eigenvalue weighted by molar-refractivity contribution is 0.414. The van der Waals surface area contributed by atoms with E-state index in [0.29, 0.717) is 6.42 Å². The van der Waals surface area contributed by atoms with Crippen molar-refractivity contribution >= 4 is 15.9 Å². The van der Waals surface area contributed by atoms with Crippen LogP contribution in [-0.2, 0) is 12.8 Å². The van der Waals surface area contributed by atoms with Crippen LogP contribution in [0.3, 0.4) is 0 Å². The summed E-state index contributed by atoms with van der Waals surface area (Å²) in [6, 6.07) is 12.3. The first-order valence-electron chi connectivity index (χ1n) is 6.41. The number of nitrogens with two attached hydrogens (primary N) is 1. The summed E-state index contributed by atoms with van der Waals surface area (Å²) in [4.78, 5) is 0. The lowest BCUT2D eigenvalue weighted by Crippen LogP contribution is -2.25. The summed E-state index contributed by atoms with van der Waals surface area (Å²) in [5.41, 5.74) is 8.33. The van der Waals surface area contributed by atoms with Crippen LogP contribution < -0.4 is 10.5 Å². The van der Waals surface area contributed by atoms with E-state index < -0.39 is 0 Å². The molecule has 0 saturated carbocycles. The van der Waals surface area contributed by atoms with Gasteiger partial charge in [0.1, 0.15) is 11.6 Å². The largest absolute Gasteiger partial charge is 0.497 e. The number of hydrogen-bond acceptors (Lipinski definition) is 2. The van der Waals surface area contributed by atoms with E-state index in [1.807, 2.05) is 18.2 Å². The SMILES string of the molecule is COc1ccc(Br)c(CC(N)Cc2ccc(F)cc2)c1. The molecule has 0 aliphatic rings. The molecule has 2 aromatic rings. The smallest absolute Gasteiger partial charge is 0.123 e. The molecule has 0 saturated heterocycles. The third-order valence-electron chi connectivity index (χ3n) is 3.15. The highest BCUT2D eigenvalue weighted by atomic mass is 79.9. The molecule has 1 atom stereocenters. The van der Waals surface area contributed by atoms with Gasteiger partial charge in [0.2, 0.25) is 0 Å². The van der Waals surface area contributed by atoms with E-state index in [0.717, 1.165) is 27.8 Å². The summed E-state index contributed by atoms with van der Waals surface area (Å²) in [5.74, 6) is 0.593. The van der Waals surface area contributed by atoms with Crippen LogP contribution in [0.15, 0.2) is 46.9 Å². The Morgan fingerprint density at radius 2 is 1.85 bits per heavy atom. The fourth-order valence-corrected chi connectivity index (χ4v) is 2.52. The first kappa shape index (κ1) is 15.0. The van der Waals surface area contributed by atoms with Crippen molar-refractivity contribution in [2.45, 2.75) is 18.9 Å². The van der Waals surface area contributed by atoms with Crippen molar-refractivity contribution < 1.29 is 9.13 Å². The Balaban J connectivity index is 2.04. The van der Waals surface area contributed by atoms with Gasteiger partial charge in [-0.3, -0.25) is 0 Å². The first-order valence-corrected chi connectivity index (χ1v) is 7.20. The molecule has 0 aromatic heterocycles. The van der Waals surface area contributed by atoms with Gasteiger partial charge in [-0.25, -0.2) is 4.39 Å². The molecule has 0 heterocycles. The van der Waals surface area contributed by atoms with E-state index in [1.54, 1.807) is 19.2 Å². The van der Waals surface area contributed by atoms with Gasteiger partial charge >= 0.3 is 0 Å². The van der Waals surface area contributed by atoms with Crippen molar-refractivity contribution in [2.75, 3.05) is 7.11 Å². The summed E-state index contributed by atoms with van der Waals surface area (Å²) < 4.78 is 19.1. The fourth-order valence-electron chi connectivity index (χ4n) is 2.11. The minimum Gasteiger partial charge on any atom is -0.497 e. The van der Waals surface area contributed by atoms with Crippen LogP contribution in [0, 0.1) is 5.82 Å². The lowest BCUT2D eigenvalue weighted by atomic mass is 9.99. The third kappa shape index (κ3) is 4.05. The van der Waals surface area contributed by atoms with Gasteiger partial charge in [0.05, 0.1) is 7.11 Å². The Labute approximate surface area is 126 Å². The Kier molecular flexibility index (Phi) is 5.15. The molecule has 2 aromatic carbocycles. The van der Waals surface area contributed by atoms with Gasteiger partial charge in [-0.15, -0.1) is 0 Å². The van der Waals surface area contributed by atoms with Gasteiger partial charge < -0.3 is 10.5 Å². The van der Waals surface area contributed by atoms with Gasteiger partial charge in [0.15, 0.2) is 0 Å². The van der Waals surface area contributed by atoms with E-state index in [1.165, 1.54) is 12.1 Å². The monoisotopic (exact) mass is 337 g/mol. The molecule has 2 rings (SSSR count). The topological polar surface area (TPSA) is 35.2 Å². The van der Waals surface area contributed by atoms with Gasteiger partial charge in [0.25, 0.3) is 0 Å². The fraction of sp³-hybridized carbons (Fsp3) is 0.250. The molecule has 0 amide bonds. The maximum absolute atomic E-state index is 12.9. The van der Waals surface area contributed by atoms with Crippen molar-refractivity contribution in [3.05, 3.63) is 63.9 Å². The van der Waals surface area contributed by atoms with Crippen LogP contribution in [0.5, 0.6) is 5.75 Å². The second-order valence-corrected chi connectivity index (χ2v) is 5.61. The molecule has 0 aliphatic heterocycles. The molecule has 0 fully saturated rings. The zero-order chi connectivity index (χ0) is 14.5. The summed E-state index contributed by atoms with van der Waals surface area (Å²) in [6.07, 6.45) is 1.44. The van der Waals surface area contributed by atoms with E-state index >= 15 is 0 Å². The van der Waals surface area contributed by atoms with Crippen molar-refractivity contribution in [3.63, 3.8) is 0 Å². The second-order valence-electron chi connectivity index (χ2n) is 4.75. The number of ether oxygens (including phenoxy) is 1. The standard InChI is InChI=1S/C16H17BrFNO/c1-20-15-6-7-16(17)12(10-15)9-14(19)8-11-2-4-13(18)5-3-11/h2-7,10,14H,8-9,19H2,1H3. The maximum Gasteiger partial charge on any atom is 0.123 e. The highest BCUT2D eigenvalue weighted by molar-refractivity contribution is 9.10. The molecule has 0 radical (unpaired) electrons. The van der Waals surface area contributed by atoms with Crippen LogP contribution in [-0.4, -0.2) is 13.2 Å². The Morgan fingerprint density at radius 3 is 2.50 bits per heavy atom. The van der Waals surface area contributed by atoms with E-state index in [2.05, 4.69) is 15.9 Å². The average Bonchev–Trinajstić information content (AvgIpc) is 2.44. The Hall–Kier alpha value is -1.39. The zero-order valence-corrected chi connectivity index (χ0v) is 12.9. The van der Waals surface area contributed by atoms with Crippen LogP contribution in [0.2, 0.25) is 0 Å². The summed E-state index contributed by atoms with van der Waals surface area (Å²) in [6.45, 7) is 0. The molecular formula is C16H17BrFNO. The number of benzene rings is 2. The molecule has 0 aliphatic carbocycles. The van der Waals surface area contributed by atoms with Crippen molar-refractivity contribution in [1.82, 2.24) is 0 Å². The average molecular weight is 338 g/mol. The van der Waals surface area contributed by atoms with Crippen molar-refractivity contribution in [1.29, 1.82) is 0 Å². The highest BCUT2D eigenvalue weighted by Crippen LogP contribution is 2.24. The van der Waals surface area contributed by atoms with Crippen LogP contribution in [0.25, 0.3) is 0 Å². The lowest BCUT2D eigenvalue weighted by Gasteiger charge is -2.14. The van der Waals surface area contributed by atoms with Crippen molar-refractivity contribution in [3.8, 4) is 5.75 Å². The number of methoxy groups -OCH3 is 1. The molecule has 4 heteroatoms.